The topological polar surface area (TPSA) is 101 Å². The first-order valence-electron chi connectivity index (χ1n) is 11.6. The number of aromatic nitrogens is 4. The Bertz CT molecular complexity index is 1600. The number of carboxylic acid groups (broad SMARTS) is 1. The molecule has 0 fully saturated rings. The van der Waals surface area contributed by atoms with E-state index in [4.69, 9.17) is 24.7 Å². The Balaban J connectivity index is 0.00000320. The number of aryl methyl sites for hydroxylation is 1. The molecule has 0 radical (unpaired) electrons. The molecule has 0 atom stereocenters. The molecule has 8 bridgehead atoms. The summed E-state index contributed by atoms with van der Waals surface area (Å²) in [5.74, 6) is -0.416. The Morgan fingerprint density at radius 1 is 0.946 bits per heavy atom. The Morgan fingerprint density at radius 2 is 1.54 bits per heavy atom. The second-order valence-electron chi connectivity index (χ2n) is 10.7. The van der Waals surface area contributed by atoms with Gasteiger partial charge in [0.25, 0.3) is 0 Å². The molecule has 5 rings (SSSR count). The van der Waals surface area contributed by atoms with Crippen LogP contribution in [0.4, 0.5) is 0 Å². The quantitative estimate of drug-likeness (QED) is 0.325. The number of methoxy groups -OCH3 is 1. The van der Waals surface area contributed by atoms with E-state index in [2.05, 4.69) is 59.6 Å². The predicted octanol–water partition coefficient (Wildman–Crippen LogP) is 6.15. The molecule has 5 heterocycles. The van der Waals surface area contributed by atoms with Crippen molar-refractivity contribution in [1.29, 1.82) is 0 Å². The molecule has 10 heteroatoms. The fourth-order valence-corrected chi connectivity index (χ4v) is 5.88. The van der Waals surface area contributed by atoms with Gasteiger partial charge in [-0.05, 0) is 12.5 Å². The predicted molar refractivity (Wildman–Crippen MR) is 146 cm³/mol. The van der Waals surface area contributed by atoms with E-state index in [0.717, 1.165) is 43.8 Å². The first kappa shape index (κ1) is 28.0. The summed E-state index contributed by atoms with van der Waals surface area (Å²) in [5, 5.41) is 9.98. The van der Waals surface area contributed by atoms with Gasteiger partial charge in [-0.15, -0.1) is 16.6 Å². The first-order chi connectivity index (χ1) is 16.8. The van der Waals surface area contributed by atoms with Gasteiger partial charge in [0.2, 0.25) is 0 Å². The molecule has 2 aliphatic heterocycles. The zero-order valence-electron chi connectivity index (χ0n) is 21.7. The number of rotatable bonds is 2. The fourth-order valence-electron chi connectivity index (χ4n) is 4.92. The summed E-state index contributed by atoms with van der Waals surface area (Å²) < 4.78 is 7.20. The van der Waals surface area contributed by atoms with Crippen LogP contribution in [-0.4, -0.2) is 28.2 Å². The molecule has 0 unspecified atom stereocenters. The maximum atomic E-state index is 12.2. The smallest absolute Gasteiger partial charge is 0.656 e. The molecule has 0 aromatic carbocycles. The molecular weight excluding hydrogens is 654 g/mol. The maximum absolute atomic E-state index is 12.2. The van der Waals surface area contributed by atoms with Gasteiger partial charge in [-0.3, -0.25) is 9.97 Å². The number of fused-ring (bicyclic) bond motifs is 8. The van der Waals surface area contributed by atoms with Gasteiger partial charge < -0.3 is 19.8 Å². The summed E-state index contributed by atoms with van der Waals surface area (Å²) in [7, 11) is 1.64. The van der Waals surface area contributed by atoms with E-state index in [0.29, 0.717) is 34.1 Å². The Hall–Kier alpha value is -2.03. The monoisotopic (exact) mass is 676 g/mol. The van der Waals surface area contributed by atoms with E-state index in [1.807, 2.05) is 19.1 Å². The Morgan fingerprint density at radius 3 is 2.16 bits per heavy atom. The van der Waals surface area contributed by atoms with E-state index in [1.165, 1.54) is 0 Å². The third-order valence-electron chi connectivity index (χ3n) is 6.97. The Kier molecular flexibility index (Phi) is 7.28. The van der Waals surface area contributed by atoms with Crippen molar-refractivity contribution >= 4 is 59.9 Å². The van der Waals surface area contributed by atoms with Gasteiger partial charge in [-0.25, -0.2) is 4.79 Å². The van der Waals surface area contributed by atoms with Crippen LogP contribution in [0.1, 0.15) is 66.4 Å². The summed E-state index contributed by atoms with van der Waals surface area (Å²) in [6, 6.07) is 5.63. The number of halogens is 2. The van der Waals surface area contributed by atoms with Crippen molar-refractivity contribution in [3.63, 3.8) is 0 Å². The minimum absolute atomic E-state index is 0. The van der Waals surface area contributed by atoms with Crippen LogP contribution in [-0.2, 0) is 43.1 Å². The van der Waals surface area contributed by atoms with Gasteiger partial charge in [-0.1, -0.05) is 83.3 Å². The molecule has 0 aliphatic carbocycles. The van der Waals surface area contributed by atoms with Crippen molar-refractivity contribution in [3.8, 4) is 5.75 Å². The number of aromatic carboxylic acids is 1. The number of nitrogens with zero attached hydrogens (tertiary/aromatic N) is 4. The molecule has 0 saturated carbocycles. The van der Waals surface area contributed by atoms with Crippen molar-refractivity contribution in [1.82, 2.24) is 19.9 Å². The van der Waals surface area contributed by atoms with Crippen LogP contribution in [0.2, 0.25) is 0 Å². The second-order valence-corrected chi connectivity index (χ2v) is 12.3. The van der Waals surface area contributed by atoms with E-state index >= 15 is 0 Å². The Labute approximate surface area is 244 Å². The van der Waals surface area contributed by atoms with Gasteiger partial charge in [0.15, 0.2) is 0 Å². The minimum Gasteiger partial charge on any atom is -0.656 e. The van der Waals surface area contributed by atoms with Crippen LogP contribution in [0.3, 0.4) is 0 Å². The van der Waals surface area contributed by atoms with Crippen LogP contribution in [0, 0.1) is 6.92 Å². The molecule has 0 saturated heterocycles. The molecule has 3 aromatic heterocycles. The maximum Gasteiger partial charge on any atom is 2.00 e. The van der Waals surface area contributed by atoms with Crippen LogP contribution in [0.25, 0.3) is 22.1 Å². The van der Waals surface area contributed by atoms with Crippen LogP contribution in [0.15, 0.2) is 27.1 Å². The third-order valence-corrected chi connectivity index (χ3v) is 8.77. The number of ether oxygens (including phenoxy) is 1. The largest absolute Gasteiger partial charge is 2.00 e. The van der Waals surface area contributed by atoms with Crippen molar-refractivity contribution in [3.05, 3.63) is 61.0 Å². The summed E-state index contributed by atoms with van der Waals surface area (Å²) in [4.78, 5) is 31.7. The molecule has 7 nitrogen and oxygen atoms in total. The van der Waals surface area contributed by atoms with Crippen molar-refractivity contribution in [2.24, 2.45) is 0 Å². The molecule has 0 amide bonds. The van der Waals surface area contributed by atoms with Crippen molar-refractivity contribution < 1.29 is 34.1 Å². The van der Waals surface area contributed by atoms with Crippen molar-refractivity contribution in [2.75, 3.05) is 7.11 Å². The molecular formula is C27H26Br2N4O3Zn. The summed E-state index contributed by atoms with van der Waals surface area (Å²) in [5.41, 5.74) is 6.18. The molecule has 0 spiro atoms. The normalized spacial score (nSPS) is 15.8. The number of carboxylic acids is 1. The molecule has 3 aromatic rings. The van der Waals surface area contributed by atoms with Crippen LogP contribution in [0.5, 0.6) is 5.75 Å². The number of hydrogen-bond donors (Lipinski definition) is 1. The van der Waals surface area contributed by atoms with Crippen molar-refractivity contribution in [2.45, 2.75) is 58.3 Å². The number of hydrogen-bond acceptors (Lipinski definition) is 4. The van der Waals surface area contributed by atoms with E-state index < -0.39 is 5.97 Å². The second kappa shape index (κ2) is 9.62. The van der Waals surface area contributed by atoms with Gasteiger partial charge in [-0.2, -0.15) is 0 Å². The van der Waals surface area contributed by atoms with Gasteiger partial charge >= 0.3 is 25.4 Å². The average molecular weight is 680 g/mol. The molecule has 1 N–H and O–H groups in total. The summed E-state index contributed by atoms with van der Waals surface area (Å²) in [6.45, 7) is 10.5. The number of carbonyl (C=O) groups is 1. The van der Waals surface area contributed by atoms with Crippen LogP contribution < -0.4 is 14.7 Å². The van der Waals surface area contributed by atoms with E-state index in [9.17, 15) is 9.90 Å². The SMILES string of the molecule is COc1c2nc(cc3[n-]c(cc4nc(cc5[n-]c1c(C)c5Br)C(C)(C)C4)c(C(=O)O)c3Br)C(C)(C)C2.[Zn+2]. The third kappa shape index (κ3) is 4.70. The van der Waals surface area contributed by atoms with Gasteiger partial charge in [0.1, 0.15) is 5.75 Å². The van der Waals surface area contributed by atoms with Gasteiger partial charge in [0.05, 0.1) is 18.4 Å². The standard InChI is InChI=1S/C27H27Br2N4O3.Zn/c1-12-21(28)15-8-18-26(2,3)10-13(30-18)7-14-20(25(34)35)22(29)16(31-14)9-19-27(4,5)11-17(32-19)24(36-6)23(12)33-15;/h7-9H,10-11H2,1-6H3,(H2-,30,31,32,33,34,35);/q-1;+2/p-1. The van der Waals surface area contributed by atoms with E-state index in [-0.39, 0.29) is 35.9 Å². The first-order valence-corrected chi connectivity index (χ1v) is 13.2. The summed E-state index contributed by atoms with van der Waals surface area (Å²) >= 11 is 7.23. The fraction of sp³-hybridized carbons (Fsp3) is 0.370. The van der Waals surface area contributed by atoms with Gasteiger partial charge in [0, 0.05) is 49.7 Å². The summed E-state index contributed by atoms with van der Waals surface area (Å²) in [6.07, 6.45) is 1.30. The molecule has 188 valence electrons. The zero-order valence-corrected chi connectivity index (χ0v) is 27.8. The van der Waals surface area contributed by atoms with Crippen LogP contribution >= 0.6 is 31.9 Å². The average Bonchev–Trinajstić information content (AvgIpc) is 3.42. The van der Waals surface area contributed by atoms with E-state index in [1.54, 1.807) is 13.2 Å². The minimum atomic E-state index is -1.05. The molecule has 37 heavy (non-hydrogen) atoms. The zero-order chi connectivity index (χ0) is 26.2. The molecule has 2 aliphatic rings.